The summed E-state index contributed by atoms with van der Waals surface area (Å²) in [6.45, 7) is 6.05. The van der Waals surface area contributed by atoms with Crippen molar-refractivity contribution in [2.75, 3.05) is 17.9 Å². The molecule has 30 heavy (non-hydrogen) atoms. The van der Waals surface area contributed by atoms with Crippen LogP contribution >= 0.6 is 11.6 Å². The van der Waals surface area contributed by atoms with E-state index in [2.05, 4.69) is 15.4 Å². The molecular weight excluding hydrogens is 430 g/mol. The molecule has 8 nitrogen and oxygen atoms in total. The van der Waals surface area contributed by atoms with Crippen LogP contribution in [0.2, 0.25) is 5.02 Å². The second kappa shape index (κ2) is 10.3. The molecule has 2 aromatic rings. The van der Waals surface area contributed by atoms with E-state index in [1.807, 2.05) is 6.92 Å². The summed E-state index contributed by atoms with van der Waals surface area (Å²) in [4.78, 5) is 24.2. The van der Waals surface area contributed by atoms with Gasteiger partial charge in [-0.1, -0.05) is 11.6 Å². The van der Waals surface area contributed by atoms with Gasteiger partial charge in [0, 0.05) is 12.2 Å². The molecule has 10 heteroatoms. The Kier molecular flexibility index (Phi) is 8.08. The highest BCUT2D eigenvalue weighted by Gasteiger charge is 2.21. The number of sulfonamides is 1. The molecule has 0 aromatic heterocycles. The molecule has 2 amide bonds. The molecule has 2 rings (SSSR count). The second-order valence-electron chi connectivity index (χ2n) is 6.29. The molecule has 0 saturated heterocycles. The highest BCUT2D eigenvalue weighted by molar-refractivity contribution is 7.92. The summed E-state index contributed by atoms with van der Waals surface area (Å²) in [7, 11) is -3.97. The molecule has 0 aliphatic carbocycles. The molecule has 3 N–H and O–H groups in total. The maximum atomic E-state index is 12.7. The monoisotopic (exact) mass is 453 g/mol. The van der Waals surface area contributed by atoms with Crippen molar-refractivity contribution in [3.8, 4) is 5.75 Å². The third-order valence-electron chi connectivity index (χ3n) is 4.00. The van der Waals surface area contributed by atoms with Gasteiger partial charge in [-0.25, -0.2) is 8.42 Å². The van der Waals surface area contributed by atoms with Gasteiger partial charge in [0.2, 0.25) is 5.91 Å². The van der Waals surface area contributed by atoms with Crippen molar-refractivity contribution in [1.82, 2.24) is 10.6 Å². The second-order valence-corrected chi connectivity index (χ2v) is 8.38. The maximum absolute atomic E-state index is 12.7. The summed E-state index contributed by atoms with van der Waals surface area (Å²) >= 11 is 6.08. The zero-order chi connectivity index (χ0) is 22.3. The average molecular weight is 454 g/mol. The molecule has 0 aliphatic rings. The molecule has 0 spiro atoms. The lowest BCUT2D eigenvalue weighted by molar-refractivity contribution is -0.122. The van der Waals surface area contributed by atoms with Crippen molar-refractivity contribution in [3.05, 3.63) is 53.1 Å². The first-order valence-corrected chi connectivity index (χ1v) is 11.2. The Morgan fingerprint density at radius 1 is 1.10 bits per heavy atom. The van der Waals surface area contributed by atoms with E-state index < -0.39 is 22.0 Å². The highest BCUT2D eigenvalue weighted by Crippen LogP contribution is 2.24. The maximum Gasteiger partial charge on any atom is 0.261 e. The van der Waals surface area contributed by atoms with Crippen molar-refractivity contribution in [2.45, 2.75) is 31.7 Å². The quantitative estimate of drug-likeness (QED) is 0.540. The van der Waals surface area contributed by atoms with Crippen LogP contribution in [-0.4, -0.2) is 39.4 Å². The molecule has 0 heterocycles. The number of carbonyl (C=O) groups excluding carboxylic acids is 2. The van der Waals surface area contributed by atoms with E-state index >= 15 is 0 Å². The Morgan fingerprint density at radius 3 is 2.37 bits per heavy atom. The van der Waals surface area contributed by atoms with Gasteiger partial charge >= 0.3 is 0 Å². The Labute approximate surface area is 181 Å². The smallest absolute Gasteiger partial charge is 0.261 e. The number of hydrogen-bond acceptors (Lipinski definition) is 5. The zero-order valence-electron chi connectivity index (χ0n) is 16.9. The summed E-state index contributed by atoms with van der Waals surface area (Å²) in [5.41, 5.74) is 0.284. The van der Waals surface area contributed by atoms with Crippen molar-refractivity contribution < 1.29 is 22.7 Å². The van der Waals surface area contributed by atoms with Gasteiger partial charge in [-0.2, -0.15) is 0 Å². The summed E-state index contributed by atoms with van der Waals surface area (Å²) in [5.74, 6) is -0.396. The van der Waals surface area contributed by atoms with Gasteiger partial charge in [0.05, 0.1) is 22.1 Å². The lowest BCUT2D eigenvalue weighted by atomic mass is 10.2. The zero-order valence-corrected chi connectivity index (χ0v) is 18.4. The SMILES string of the molecule is CCNC(=O)C(C)NC(=O)c1cc(S(=O)(=O)Nc2ccc(OCC)cc2)ccc1Cl. The summed E-state index contributed by atoms with van der Waals surface area (Å²) in [6.07, 6.45) is 0. The fraction of sp³-hybridized carbons (Fsp3) is 0.300. The van der Waals surface area contributed by atoms with Crippen LogP contribution in [0.25, 0.3) is 0 Å². The van der Waals surface area contributed by atoms with E-state index in [4.69, 9.17) is 16.3 Å². The van der Waals surface area contributed by atoms with Crippen LogP contribution in [0.4, 0.5) is 5.69 Å². The average Bonchev–Trinajstić information content (AvgIpc) is 2.69. The fourth-order valence-corrected chi connectivity index (χ4v) is 3.80. The number of nitrogens with one attached hydrogen (secondary N) is 3. The number of halogens is 1. The van der Waals surface area contributed by atoms with E-state index in [-0.39, 0.29) is 21.4 Å². The minimum absolute atomic E-state index is 0.0533. The highest BCUT2D eigenvalue weighted by atomic mass is 35.5. The molecule has 0 saturated carbocycles. The molecule has 0 aliphatic heterocycles. The fourth-order valence-electron chi connectivity index (χ4n) is 2.51. The normalized spacial score (nSPS) is 12.0. The molecule has 1 atom stereocenters. The number of benzene rings is 2. The van der Waals surface area contributed by atoms with Gasteiger partial charge in [-0.15, -0.1) is 0 Å². The van der Waals surface area contributed by atoms with E-state index in [1.165, 1.54) is 25.1 Å². The predicted molar refractivity (Wildman–Crippen MR) is 115 cm³/mol. The van der Waals surface area contributed by atoms with Crippen LogP contribution in [0.3, 0.4) is 0 Å². The minimum atomic E-state index is -3.97. The number of ether oxygens (including phenoxy) is 1. The van der Waals surface area contributed by atoms with Crippen LogP contribution in [-0.2, 0) is 14.8 Å². The first-order valence-electron chi connectivity index (χ1n) is 9.31. The molecule has 1 unspecified atom stereocenters. The number of amides is 2. The lowest BCUT2D eigenvalue weighted by Gasteiger charge is -2.15. The van der Waals surface area contributed by atoms with E-state index in [0.29, 0.717) is 24.6 Å². The number of likely N-dealkylation sites (N-methyl/N-ethyl adjacent to an activating group) is 1. The van der Waals surface area contributed by atoms with Gasteiger partial charge in [0.1, 0.15) is 11.8 Å². The summed E-state index contributed by atoms with van der Waals surface area (Å²) in [6, 6.07) is 9.40. The van der Waals surface area contributed by atoms with Gasteiger partial charge in [-0.05, 0) is 63.2 Å². The first kappa shape index (κ1) is 23.5. The first-order chi connectivity index (χ1) is 14.2. The van der Waals surface area contributed by atoms with Gasteiger partial charge < -0.3 is 15.4 Å². The Bertz CT molecular complexity index is 1010. The Balaban J connectivity index is 2.21. The van der Waals surface area contributed by atoms with Crippen molar-refractivity contribution in [3.63, 3.8) is 0 Å². The number of carbonyl (C=O) groups is 2. The van der Waals surface area contributed by atoms with Crippen LogP contribution in [0.5, 0.6) is 5.75 Å². The topological polar surface area (TPSA) is 114 Å². The molecule has 162 valence electrons. The number of anilines is 1. The van der Waals surface area contributed by atoms with Crippen molar-refractivity contribution >= 4 is 39.1 Å². The molecule has 2 aromatic carbocycles. The molecule has 0 bridgehead atoms. The largest absolute Gasteiger partial charge is 0.494 e. The van der Waals surface area contributed by atoms with Gasteiger partial charge in [-0.3, -0.25) is 14.3 Å². The van der Waals surface area contributed by atoms with E-state index in [0.717, 1.165) is 0 Å². The number of rotatable bonds is 9. The van der Waals surface area contributed by atoms with Crippen molar-refractivity contribution in [2.24, 2.45) is 0 Å². The Morgan fingerprint density at radius 2 is 1.77 bits per heavy atom. The summed E-state index contributed by atoms with van der Waals surface area (Å²) in [5, 5.41) is 5.16. The third kappa shape index (κ3) is 6.11. The van der Waals surface area contributed by atoms with E-state index in [9.17, 15) is 18.0 Å². The van der Waals surface area contributed by atoms with E-state index in [1.54, 1.807) is 31.2 Å². The lowest BCUT2D eigenvalue weighted by Crippen LogP contribution is -2.44. The standard InChI is InChI=1S/C20H24ClN3O5S/c1-4-22-19(25)13(3)23-20(26)17-12-16(10-11-18(17)21)30(27,28)24-14-6-8-15(9-7-14)29-5-2/h6-13,24H,4-5H2,1-3H3,(H,22,25)(H,23,26). The third-order valence-corrected chi connectivity index (χ3v) is 5.71. The predicted octanol–water partition coefficient (Wildman–Crippen LogP) is 2.79. The molecular formula is C20H24ClN3O5S. The molecule has 0 fully saturated rings. The van der Waals surface area contributed by atoms with Crippen LogP contribution < -0.4 is 20.1 Å². The van der Waals surface area contributed by atoms with Gasteiger partial charge in [0.25, 0.3) is 15.9 Å². The van der Waals surface area contributed by atoms with Crippen LogP contribution in [0.15, 0.2) is 47.4 Å². The Hall–Kier alpha value is -2.78. The van der Waals surface area contributed by atoms with Crippen LogP contribution in [0, 0.1) is 0 Å². The molecule has 0 radical (unpaired) electrons. The minimum Gasteiger partial charge on any atom is -0.494 e. The van der Waals surface area contributed by atoms with Gasteiger partial charge in [0.15, 0.2) is 0 Å². The van der Waals surface area contributed by atoms with Crippen LogP contribution in [0.1, 0.15) is 31.1 Å². The summed E-state index contributed by atoms with van der Waals surface area (Å²) < 4.78 is 33.2. The number of hydrogen-bond donors (Lipinski definition) is 3. The van der Waals surface area contributed by atoms with Crippen molar-refractivity contribution in [1.29, 1.82) is 0 Å².